The van der Waals surface area contributed by atoms with E-state index in [1.807, 2.05) is 48.6 Å². The molecule has 1 N–H and O–H groups in total. The lowest BCUT2D eigenvalue weighted by molar-refractivity contribution is -0.142. The smallest absolute Gasteiger partial charge is 0.328 e. The Bertz CT molecular complexity index is 913. The molecule has 7 heteroatoms. The number of allylic oxidation sites excluding steroid dienone is 1. The molecule has 1 atom stereocenters. The number of hydrogen-bond acceptors (Lipinski definition) is 4. The molecule has 31 heavy (non-hydrogen) atoms. The maximum atomic E-state index is 12.7. The average Bonchev–Trinajstić information content (AvgIpc) is 2.78. The highest BCUT2D eigenvalue weighted by Crippen LogP contribution is 2.11. The van der Waals surface area contributed by atoms with Crippen LogP contribution in [-0.2, 0) is 20.7 Å². The van der Waals surface area contributed by atoms with Gasteiger partial charge in [-0.25, -0.2) is 4.79 Å². The van der Waals surface area contributed by atoms with Gasteiger partial charge in [0, 0.05) is 37.2 Å². The predicted molar refractivity (Wildman–Crippen MR) is 121 cm³/mol. The molecule has 0 fully saturated rings. The quantitative estimate of drug-likeness (QED) is 0.343. The zero-order valence-corrected chi connectivity index (χ0v) is 18.5. The molecule has 6 nitrogen and oxygen atoms in total. The molecule has 164 valence electrons. The fourth-order valence-electron chi connectivity index (χ4n) is 2.96. The van der Waals surface area contributed by atoms with Crippen LogP contribution >= 0.6 is 11.8 Å². The molecular formula is C24H27ClN2O4. The molecular weight excluding hydrogens is 416 g/mol. The third-order valence-corrected chi connectivity index (χ3v) is 4.83. The Hall–Kier alpha value is -3.12. The largest absolute Gasteiger partial charge is 0.467 e. The van der Waals surface area contributed by atoms with Crippen molar-refractivity contribution in [2.45, 2.75) is 31.7 Å². The summed E-state index contributed by atoms with van der Waals surface area (Å²) in [5.74, 6) is -0.966. The molecule has 0 saturated heterocycles. The molecule has 0 aliphatic rings. The monoisotopic (exact) mass is 442 g/mol. The van der Waals surface area contributed by atoms with Gasteiger partial charge in [0.05, 0.1) is 7.11 Å². The van der Waals surface area contributed by atoms with E-state index in [2.05, 4.69) is 5.32 Å². The Kier molecular flexibility index (Phi) is 9.78. The highest BCUT2D eigenvalue weighted by atomic mass is 35.5. The molecule has 0 saturated carbocycles. The molecule has 0 radical (unpaired) electrons. The van der Waals surface area contributed by atoms with Gasteiger partial charge in [0.25, 0.3) is 5.91 Å². The molecule has 2 aromatic rings. The van der Waals surface area contributed by atoms with Gasteiger partial charge in [-0.3, -0.25) is 14.0 Å². The van der Waals surface area contributed by atoms with Crippen molar-refractivity contribution in [3.05, 3.63) is 77.4 Å². The van der Waals surface area contributed by atoms with Crippen LogP contribution in [0.4, 0.5) is 0 Å². The second-order valence-electron chi connectivity index (χ2n) is 7.03. The number of nitrogens with one attached hydrogen (secondary N) is 1. The first-order valence-corrected chi connectivity index (χ1v) is 10.4. The highest BCUT2D eigenvalue weighted by molar-refractivity contribution is 6.20. The van der Waals surface area contributed by atoms with E-state index in [-0.39, 0.29) is 11.8 Å². The van der Waals surface area contributed by atoms with Crippen LogP contribution in [-0.4, -0.2) is 42.4 Å². The van der Waals surface area contributed by atoms with Crippen molar-refractivity contribution in [1.29, 1.82) is 0 Å². The van der Waals surface area contributed by atoms with Gasteiger partial charge in [-0.05, 0) is 36.1 Å². The van der Waals surface area contributed by atoms with Crippen molar-refractivity contribution in [3.63, 3.8) is 0 Å². The third-order valence-electron chi connectivity index (χ3n) is 4.64. The first-order valence-electron chi connectivity index (χ1n) is 10.0. The number of carbonyl (C=O) groups is 3. The number of unbranched alkanes of at least 4 members (excludes halogenated alkanes) is 1. The number of ether oxygens (including phenoxy) is 1. The second-order valence-corrected chi connectivity index (χ2v) is 7.54. The normalized spacial score (nSPS) is 11.7. The number of methoxy groups -OCH3 is 1. The van der Waals surface area contributed by atoms with Crippen LogP contribution < -0.4 is 5.32 Å². The van der Waals surface area contributed by atoms with Crippen LogP contribution in [0.2, 0.25) is 0 Å². The summed E-state index contributed by atoms with van der Waals surface area (Å²) in [6.45, 7) is 0. The first-order chi connectivity index (χ1) is 14.9. The first kappa shape index (κ1) is 24.2. The zero-order valence-electron chi connectivity index (χ0n) is 17.7. The van der Waals surface area contributed by atoms with Crippen LogP contribution in [0, 0.1) is 0 Å². The minimum absolute atomic E-state index is 0.121. The summed E-state index contributed by atoms with van der Waals surface area (Å²) in [6, 6.07) is 15.8. The molecule has 0 aliphatic heterocycles. The summed E-state index contributed by atoms with van der Waals surface area (Å²) in [5.41, 5.74) is 2.22. The topological polar surface area (TPSA) is 75.7 Å². The predicted octanol–water partition coefficient (Wildman–Crippen LogP) is 4.00. The van der Waals surface area contributed by atoms with Gasteiger partial charge >= 0.3 is 5.97 Å². The summed E-state index contributed by atoms with van der Waals surface area (Å²) < 4.78 is 5.91. The van der Waals surface area contributed by atoms with E-state index in [0.29, 0.717) is 31.2 Å². The van der Waals surface area contributed by atoms with E-state index in [4.69, 9.17) is 16.5 Å². The minimum Gasteiger partial charge on any atom is -0.467 e. The number of amides is 2. The number of hydrogen-bond donors (Lipinski definition) is 1. The number of rotatable bonds is 10. The maximum Gasteiger partial charge on any atom is 0.328 e. The molecule has 0 heterocycles. The minimum atomic E-state index is -0.781. The van der Waals surface area contributed by atoms with Crippen molar-refractivity contribution in [1.82, 2.24) is 9.74 Å². The van der Waals surface area contributed by atoms with E-state index in [0.717, 1.165) is 15.5 Å². The molecule has 0 bridgehead atoms. The fraction of sp³-hybridized carbons (Fsp3) is 0.292. The van der Waals surface area contributed by atoms with Gasteiger partial charge in [0.1, 0.15) is 6.04 Å². The van der Waals surface area contributed by atoms with Crippen LogP contribution in [0.3, 0.4) is 0 Å². The molecule has 0 unspecified atom stereocenters. The van der Waals surface area contributed by atoms with E-state index >= 15 is 0 Å². The number of esters is 1. The summed E-state index contributed by atoms with van der Waals surface area (Å²) in [4.78, 5) is 36.4. The molecule has 0 spiro atoms. The average molecular weight is 443 g/mol. The van der Waals surface area contributed by atoms with Crippen LogP contribution in [0.25, 0.3) is 6.08 Å². The molecule has 2 rings (SSSR count). The highest BCUT2D eigenvalue weighted by Gasteiger charge is 2.22. The van der Waals surface area contributed by atoms with E-state index in [9.17, 15) is 14.4 Å². The fourth-order valence-corrected chi connectivity index (χ4v) is 3.04. The van der Waals surface area contributed by atoms with Crippen LogP contribution in [0.5, 0.6) is 0 Å². The molecule has 0 aromatic heterocycles. The lowest BCUT2D eigenvalue weighted by Gasteiger charge is -2.17. The molecule has 2 amide bonds. The Morgan fingerprint density at radius 2 is 1.87 bits per heavy atom. The SMILES string of the molecule is COC(=O)[C@@H](Cc1ccccc1)NC(=O)c1cccc(/C=C\CCCC(=O)N(C)Cl)c1. The summed E-state index contributed by atoms with van der Waals surface area (Å²) in [5, 5.41) is 2.77. The van der Waals surface area contributed by atoms with E-state index < -0.39 is 12.0 Å². The Labute approximate surface area is 188 Å². The zero-order chi connectivity index (χ0) is 22.6. The van der Waals surface area contributed by atoms with Crippen LogP contribution in [0.15, 0.2) is 60.7 Å². The second kappa shape index (κ2) is 12.5. The van der Waals surface area contributed by atoms with Gasteiger partial charge < -0.3 is 10.1 Å². The van der Waals surface area contributed by atoms with Crippen molar-refractivity contribution < 1.29 is 19.1 Å². The number of carbonyl (C=O) groups excluding carboxylic acids is 3. The number of benzene rings is 2. The standard InChI is InChI=1S/C24H27ClN2O4/c1-27(25)22(28)15-8-4-7-10-18-13-9-14-20(16-18)23(29)26-21(24(30)31-2)17-19-11-5-3-6-12-19/h3,5-7,9-14,16,21H,4,8,15,17H2,1-2H3,(H,26,29)/b10-7-/t21-/m1/s1. The van der Waals surface area contributed by atoms with Crippen molar-refractivity contribution in [3.8, 4) is 0 Å². The van der Waals surface area contributed by atoms with Gasteiger partial charge in [-0.2, -0.15) is 0 Å². The summed E-state index contributed by atoms with van der Waals surface area (Å²) >= 11 is 5.59. The van der Waals surface area contributed by atoms with Crippen molar-refractivity contribution in [2.24, 2.45) is 0 Å². The Morgan fingerprint density at radius 1 is 1.13 bits per heavy atom. The Morgan fingerprint density at radius 3 is 2.55 bits per heavy atom. The van der Waals surface area contributed by atoms with Crippen LogP contribution in [0.1, 0.15) is 40.7 Å². The van der Waals surface area contributed by atoms with E-state index in [1.165, 1.54) is 14.2 Å². The summed E-state index contributed by atoms with van der Waals surface area (Å²) in [7, 11) is 2.82. The number of halogens is 1. The van der Waals surface area contributed by atoms with Gasteiger partial charge in [0.2, 0.25) is 5.91 Å². The van der Waals surface area contributed by atoms with Gasteiger partial charge in [0.15, 0.2) is 0 Å². The van der Waals surface area contributed by atoms with Gasteiger partial charge in [-0.15, -0.1) is 0 Å². The van der Waals surface area contributed by atoms with Crippen molar-refractivity contribution >= 4 is 35.6 Å². The summed E-state index contributed by atoms with van der Waals surface area (Å²) in [6.07, 6.45) is 5.97. The Balaban J connectivity index is 1.98. The molecule has 2 aromatic carbocycles. The number of nitrogens with zero attached hydrogens (tertiary/aromatic N) is 1. The third kappa shape index (κ3) is 8.26. The van der Waals surface area contributed by atoms with E-state index in [1.54, 1.807) is 18.2 Å². The van der Waals surface area contributed by atoms with Crippen molar-refractivity contribution in [2.75, 3.05) is 14.2 Å². The lowest BCUT2D eigenvalue weighted by Crippen LogP contribution is -2.43. The molecule has 0 aliphatic carbocycles. The van der Waals surface area contributed by atoms with Gasteiger partial charge in [-0.1, -0.05) is 54.6 Å². The maximum absolute atomic E-state index is 12.7. The lowest BCUT2D eigenvalue weighted by atomic mass is 10.0.